The number of nitrogens with zero attached hydrogens (tertiary/aromatic N) is 1. The van der Waals surface area contributed by atoms with Crippen molar-refractivity contribution in [2.75, 3.05) is 19.6 Å². The molecule has 1 saturated heterocycles. The summed E-state index contributed by atoms with van der Waals surface area (Å²) >= 11 is 0. The third kappa shape index (κ3) is 4.17. The lowest BCUT2D eigenvalue weighted by molar-refractivity contribution is 0.0195. The Kier molecular flexibility index (Phi) is 4.52. The van der Waals surface area contributed by atoms with E-state index >= 15 is 0 Å². The Morgan fingerprint density at radius 3 is 2.76 bits per heavy atom. The van der Waals surface area contributed by atoms with Gasteiger partial charge in [-0.25, -0.2) is 9.18 Å². The van der Waals surface area contributed by atoms with Crippen molar-refractivity contribution in [1.82, 2.24) is 10.2 Å². The minimum Gasteiger partial charge on any atom is -0.444 e. The third-order valence-corrected chi connectivity index (χ3v) is 3.43. The Labute approximate surface area is 125 Å². The summed E-state index contributed by atoms with van der Waals surface area (Å²) in [4.78, 5) is 13.8. The Morgan fingerprint density at radius 2 is 2.14 bits per heavy atom. The molecule has 1 atom stereocenters. The molecule has 1 N–H and O–H groups in total. The van der Waals surface area contributed by atoms with Gasteiger partial charge in [-0.1, -0.05) is 12.1 Å². The summed E-state index contributed by atoms with van der Waals surface area (Å²) in [6, 6.07) is 5.13. The van der Waals surface area contributed by atoms with E-state index in [0.29, 0.717) is 25.2 Å². The summed E-state index contributed by atoms with van der Waals surface area (Å²) in [6.07, 6.45) is -0.318. The summed E-state index contributed by atoms with van der Waals surface area (Å²) < 4.78 is 19.1. The van der Waals surface area contributed by atoms with Crippen LogP contribution < -0.4 is 5.32 Å². The molecular formula is C16H23FN2O2. The van der Waals surface area contributed by atoms with Gasteiger partial charge in [-0.05, 0) is 44.9 Å². The molecule has 1 fully saturated rings. The van der Waals surface area contributed by atoms with Gasteiger partial charge in [0.05, 0.1) is 6.04 Å². The minimum atomic E-state index is -0.507. The van der Waals surface area contributed by atoms with E-state index in [-0.39, 0.29) is 18.0 Å². The second-order valence-corrected chi connectivity index (χ2v) is 6.44. The van der Waals surface area contributed by atoms with Gasteiger partial charge in [-0.15, -0.1) is 0 Å². The van der Waals surface area contributed by atoms with Crippen LogP contribution in [0.4, 0.5) is 9.18 Å². The van der Waals surface area contributed by atoms with E-state index in [1.54, 1.807) is 17.9 Å². The van der Waals surface area contributed by atoms with Gasteiger partial charge in [-0.3, -0.25) is 0 Å². The Bertz CT molecular complexity index is 525. The molecule has 1 heterocycles. The second-order valence-electron chi connectivity index (χ2n) is 6.44. The highest BCUT2D eigenvalue weighted by atomic mass is 19.1. The molecule has 2 rings (SSSR count). The molecule has 1 unspecified atom stereocenters. The smallest absolute Gasteiger partial charge is 0.410 e. The van der Waals surface area contributed by atoms with Gasteiger partial charge in [-0.2, -0.15) is 0 Å². The number of carbonyl (C=O) groups excluding carboxylic acids is 1. The predicted molar refractivity (Wildman–Crippen MR) is 79.7 cm³/mol. The van der Waals surface area contributed by atoms with Crippen molar-refractivity contribution in [3.05, 3.63) is 35.1 Å². The highest BCUT2D eigenvalue weighted by molar-refractivity contribution is 5.68. The first-order valence-corrected chi connectivity index (χ1v) is 7.23. The van der Waals surface area contributed by atoms with E-state index in [9.17, 15) is 9.18 Å². The molecule has 0 aliphatic carbocycles. The second kappa shape index (κ2) is 6.02. The van der Waals surface area contributed by atoms with Gasteiger partial charge in [0.15, 0.2) is 0 Å². The maximum atomic E-state index is 13.7. The average molecular weight is 294 g/mol. The number of aryl methyl sites for hydroxylation is 1. The van der Waals surface area contributed by atoms with E-state index in [1.165, 1.54) is 6.07 Å². The van der Waals surface area contributed by atoms with Crippen LogP contribution >= 0.6 is 0 Å². The van der Waals surface area contributed by atoms with Crippen LogP contribution in [0, 0.1) is 12.7 Å². The number of hydrogen-bond acceptors (Lipinski definition) is 3. The fourth-order valence-corrected chi connectivity index (χ4v) is 2.29. The van der Waals surface area contributed by atoms with Gasteiger partial charge >= 0.3 is 6.09 Å². The summed E-state index contributed by atoms with van der Waals surface area (Å²) in [5.74, 6) is -0.219. The van der Waals surface area contributed by atoms with Gasteiger partial charge in [0.25, 0.3) is 0 Å². The van der Waals surface area contributed by atoms with Crippen LogP contribution in [0.15, 0.2) is 18.2 Å². The number of ether oxygens (including phenoxy) is 1. The highest BCUT2D eigenvalue weighted by Crippen LogP contribution is 2.21. The maximum absolute atomic E-state index is 13.7. The number of hydrogen-bond donors (Lipinski definition) is 1. The predicted octanol–water partition coefficient (Wildman–Crippen LogP) is 3.02. The Hall–Kier alpha value is -1.62. The molecule has 4 nitrogen and oxygen atoms in total. The Balaban J connectivity index is 2.06. The lowest BCUT2D eigenvalue weighted by atomic mass is 10.0. The zero-order valence-corrected chi connectivity index (χ0v) is 13.1. The van der Waals surface area contributed by atoms with Crippen molar-refractivity contribution in [2.45, 2.75) is 39.3 Å². The molecule has 1 amide bonds. The lowest BCUT2D eigenvalue weighted by Crippen LogP contribution is -2.49. The molecule has 0 radical (unpaired) electrons. The first-order chi connectivity index (χ1) is 9.76. The monoisotopic (exact) mass is 294 g/mol. The number of piperazine rings is 1. The van der Waals surface area contributed by atoms with Crippen molar-refractivity contribution in [3.8, 4) is 0 Å². The van der Waals surface area contributed by atoms with Crippen molar-refractivity contribution in [3.63, 3.8) is 0 Å². The van der Waals surface area contributed by atoms with Crippen LogP contribution in [0.2, 0.25) is 0 Å². The van der Waals surface area contributed by atoms with Crippen LogP contribution in [-0.4, -0.2) is 36.2 Å². The number of rotatable bonds is 1. The van der Waals surface area contributed by atoms with E-state index in [4.69, 9.17) is 4.74 Å². The number of nitrogens with one attached hydrogen (secondary N) is 1. The van der Waals surface area contributed by atoms with Gasteiger partial charge in [0.1, 0.15) is 11.4 Å². The quantitative estimate of drug-likeness (QED) is 0.865. The number of halogens is 1. The summed E-state index contributed by atoms with van der Waals surface area (Å²) in [6.45, 7) is 9.02. The van der Waals surface area contributed by atoms with E-state index in [1.807, 2.05) is 26.8 Å². The molecule has 5 heteroatoms. The standard InChI is InChI=1S/C16H23FN2O2/c1-11-5-6-12(9-13(11)17)14-10-19(8-7-18-14)15(20)21-16(2,3)4/h5-6,9,14,18H,7-8,10H2,1-4H3. The Morgan fingerprint density at radius 1 is 1.43 bits per heavy atom. The molecule has 21 heavy (non-hydrogen) atoms. The molecule has 0 bridgehead atoms. The largest absolute Gasteiger partial charge is 0.444 e. The molecule has 1 aliphatic rings. The van der Waals surface area contributed by atoms with Crippen molar-refractivity contribution >= 4 is 6.09 Å². The molecule has 1 aliphatic heterocycles. The molecule has 0 saturated carbocycles. The third-order valence-electron chi connectivity index (χ3n) is 3.43. The molecule has 116 valence electrons. The van der Waals surface area contributed by atoms with Gasteiger partial charge < -0.3 is 15.0 Å². The van der Waals surface area contributed by atoms with E-state index in [0.717, 1.165) is 5.56 Å². The van der Waals surface area contributed by atoms with Gasteiger partial charge in [0.2, 0.25) is 0 Å². The first kappa shape index (κ1) is 15.8. The van der Waals surface area contributed by atoms with Crippen LogP contribution in [0.1, 0.15) is 37.9 Å². The zero-order valence-electron chi connectivity index (χ0n) is 13.1. The van der Waals surface area contributed by atoms with Crippen molar-refractivity contribution in [1.29, 1.82) is 0 Å². The van der Waals surface area contributed by atoms with Gasteiger partial charge in [0, 0.05) is 19.6 Å². The zero-order chi connectivity index (χ0) is 15.6. The normalized spacial score (nSPS) is 19.5. The number of benzene rings is 1. The number of carbonyl (C=O) groups is 1. The molecule has 0 spiro atoms. The molecule has 1 aromatic rings. The SMILES string of the molecule is Cc1ccc(C2CN(C(=O)OC(C)(C)C)CCN2)cc1F. The minimum absolute atomic E-state index is 0.0682. The summed E-state index contributed by atoms with van der Waals surface area (Å²) in [5, 5.41) is 3.31. The van der Waals surface area contributed by atoms with Crippen LogP contribution in [0.25, 0.3) is 0 Å². The molecule has 1 aromatic carbocycles. The number of amides is 1. The van der Waals surface area contributed by atoms with E-state index in [2.05, 4.69) is 5.32 Å². The average Bonchev–Trinajstić information content (AvgIpc) is 2.40. The topological polar surface area (TPSA) is 41.6 Å². The lowest BCUT2D eigenvalue weighted by Gasteiger charge is -2.35. The van der Waals surface area contributed by atoms with Crippen LogP contribution in [0.3, 0.4) is 0 Å². The first-order valence-electron chi connectivity index (χ1n) is 7.23. The maximum Gasteiger partial charge on any atom is 0.410 e. The fourth-order valence-electron chi connectivity index (χ4n) is 2.29. The molecular weight excluding hydrogens is 271 g/mol. The van der Waals surface area contributed by atoms with Crippen LogP contribution in [0.5, 0.6) is 0 Å². The van der Waals surface area contributed by atoms with Crippen molar-refractivity contribution < 1.29 is 13.9 Å². The fraction of sp³-hybridized carbons (Fsp3) is 0.562. The summed E-state index contributed by atoms with van der Waals surface area (Å²) in [5.41, 5.74) is 0.970. The molecule has 0 aromatic heterocycles. The van der Waals surface area contributed by atoms with Crippen molar-refractivity contribution in [2.24, 2.45) is 0 Å². The summed E-state index contributed by atoms with van der Waals surface area (Å²) in [7, 11) is 0. The highest BCUT2D eigenvalue weighted by Gasteiger charge is 2.28. The van der Waals surface area contributed by atoms with Crippen LogP contribution in [-0.2, 0) is 4.74 Å². The van der Waals surface area contributed by atoms with E-state index < -0.39 is 5.60 Å².